The number of imidazole rings is 1. The number of carboxylic acid groups (broad SMARTS) is 2. The second-order valence-corrected chi connectivity index (χ2v) is 10.6. The lowest BCUT2D eigenvalue weighted by Gasteiger charge is -2.21. The van der Waals surface area contributed by atoms with Gasteiger partial charge in [0, 0.05) is 41.7 Å². The maximum absolute atomic E-state index is 12.6. The summed E-state index contributed by atoms with van der Waals surface area (Å²) in [4.78, 5) is 29.1. The minimum Gasteiger partial charge on any atom is -0.497 e. The third kappa shape index (κ3) is 7.09. The molecule has 2 N–H and O–H groups in total. The number of hydrogen-bond donors (Lipinski definition) is 2. The second-order valence-electron chi connectivity index (χ2n) is 10.6. The highest BCUT2D eigenvalue weighted by Crippen LogP contribution is 2.38. The molecule has 0 unspecified atom stereocenters. The monoisotopic (exact) mass is 628 g/mol. The van der Waals surface area contributed by atoms with E-state index in [1.807, 2.05) is 10.6 Å². The number of nitrogens with zero attached hydrogens (tertiary/aromatic N) is 2. The van der Waals surface area contributed by atoms with Crippen LogP contribution >= 0.6 is 0 Å². The van der Waals surface area contributed by atoms with Crippen molar-refractivity contribution < 1.29 is 43.5 Å². The molecule has 0 spiro atoms. The fraction of sp³-hybridized carbons (Fsp3) is 0.286. The van der Waals surface area contributed by atoms with Crippen LogP contribution < -0.4 is 23.7 Å². The molecule has 3 aromatic carbocycles. The second kappa shape index (κ2) is 14.6. The SMILES string of the molecule is CCCCc1ncc(/C=C(\Cc2cc3c(cc2OC)OCCO3)C(=O)O)n1-c1ccc(OC)cc1OCc1ccccc1C(=O)O. The van der Waals surface area contributed by atoms with E-state index in [0.717, 1.165) is 18.7 Å². The molecule has 0 amide bonds. The summed E-state index contributed by atoms with van der Waals surface area (Å²) in [5, 5.41) is 20.0. The van der Waals surface area contributed by atoms with Crippen molar-refractivity contribution in [2.75, 3.05) is 27.4 Å². The van der Waals surface area contributed by atoms with Crippen molar-refractivity contribution in [3.8, 4) is 34.4 Å². The number of methoxy groups -OCH3 is 2. The smallest absolute Gasteiger partial charge is 0.336 e. The number of rotatable bonds is 14. The number of aryl methyl sites for hydroxylation is 1. The zero-order valence-electron chi connectivity index (χ0n) is 25.9. The Hall–Kier alpha value is -5.45. The average molecular weight is 629 g/mol. The molecule has 0 fully saturated rings. The number of fused-ring (bicyclic) bond motifs is 1. The van der Waals surface area contributed by atoms with Crippen LogP contribution in [0.3, 0.4) is 0 Å². The Morgan fingerprint density at radius 1 is 0.957 bits per heavy atom. The first-order valence-corrected chi connectivity index (χ1v) is 14.9. The quantitative estimate of drug-likeness (QED) is 0.160. The molecule has 1 aromatic heterocycles. The van der Waals surface area contributed by atoms with Crippen molar-refractivity contribution in [2.24, 2.45) is 0 Å². The number of aromatic carboxylic acids is 1. The van der Waals surface area contributed by atoms with E-state index in [1.165, 1.54) is 13.2 Å². The Morgan fingerprint density at radius 2 is 1.72 bits per heavy atom. The number of aromatic nitrogens is 2. The van der Waals surface area contributed by atoms with Gasteiger partial charge in [-0.2, -0.15) is 0 Å². The fourth-order valence-electron chi connectivity index (χ4n) is 5.24. The summed E-state index contributed by atoms with van der Waals surface area (Å²) in [5.74, 6) is 1.08. The minimum atomic E-state index is -1.10. The van der Waals surface area contributed by atoms with Gasteiger partial charge in [-0.05, 0) is 36.8 Å². The van der Waals surface area contributed by atoms with Crippen molar-refractivity contribution >= 4 is 18.0 Å². The summed E-state index contributed by atoms with van der Waals surface area (Å²) in [7, 11) is 3.07. The molecule has 1 aliphatic heterocycles. The number of benzene rings is 3. The van der Waals surface area contributed by atoms with Crippen LogP contribution in [0, 0.1) is 0 Å². The summed E-state index contributed by atoms with van der Waals surface area (Å²) < 4.78 is 30.6. The van der Waals surface area contributed by atoms with E-state index >= 15 is 0 Å². The maximum atomic E-state index is 12.6. The van der Waals surface area contributed by atoms with E-state index in [1.54, 1.807) is 61.8 Å². The van der Waals surface area contributed by atoms with Crippen molar-refractivity contribution in [1.82, 2.24) is 9.55 Å². The lowest BCUT2D eigenvalue weighted by atomic mass is 10.0. The van der Waals surface area contributed by atoms with Crippen LogP contribution in [-0.2, 0) is 24.2 Å². The molecule has 0 bridgehead atoms. The van der Waals surface area contributed by atoms with Crippen LogP contribution in [0.15, 0.2) is 66.4 Å². The maximum Gasteiger partial charge on any atom is 0.336 e. The molecule has 5 rings (SSSR count). The van der Waals surface area contributed by atoms with E-state index in [-0.39, 0.29) is 24.2 Å². The third-order valence-corrected chi connectivity index (χ3v) is 7.58. The summed E-state index contributed by atoms with van der Waals surface area (Å²) >= 11 is 0. The molecular formula is C35H36N2O9. The van der Waals surface area contributed by atoms with E-state index in [4.69, 9.17) is 23.7 Å². The molecule has 11 heteroatoms. The molecule has 2 heterocycles. The molecule has 0 aliphatic carbocycles. The van der Waals surface area contributed by atoms with Crippen LogP contribution in [0.4, 0.5) is 0 Å². The highest BCUT2D eigenvalue weighted by Gasteiger charge is 2.22. The zero-order valence-corrected chi connectivity index (χ0v) is 25.9. The largest absolute Gasteiger partial charge is 0.497 e. The zero-order chi connectivity index (χ0) is 32.6. The Bertz CT molecular complexity index is 1760. The average Bonchev–Trinajstić information content (AvgIpc) is 3.47. The van der Waals surface area contributed by atoms with E-state index < -0.39 is 11.9 Å². The van der Waals surface area contributed by atoms with Gasteiger partial charge in [0.2, 0.25) is 0 Å². The van der Waals surface area contributed by atoms with Crippen molar-refractivity contribution in [2.45, 2.75) is 39.2 Å². The normalized spacial score (nSPS) is 12.5. The first-order valence-electron chi connectivity index (χ1n) is 14.9. The topological polar surface area (TPSA) is 139 Å². The van der Waals surface area contributed by atoms with Gasteiger partial charge in [-0.25, -0.2) is 14.6 Å². The van der Waals surface area contributed by atoms with E-state index in [9.17, 15) is 19.8 Å². The lowest BCUT2D eigenvalue weighted by molar-refractivity contribution is -0.132. The Labute approximate surface area is 266 Å². The van der Waals surface area contributed by atoms with Gasteiger partial charge in [0.05, 0.1) is 37.4 Å². The molecule has 0 radical (unpaired) electrons. The van der Waals surface area contributed by atoms with Gasteiger partial charge >= 0.3 is 11.9 Å². The highest BCUT2D eigenvalue weighted by molar-refractivity contribution is 5.93. The molecule has 4 aromatic rings. The van der Waals surface area contributed by atoms with Gasteiger partial charge in [-0.1, -0.05) is 31.5 Å². The summed E-state index contributed by atoms with van der Waals surface area (Å²) in [6.07, 6.45) is 5.70. The van der Waals surface area contributed by atoms with Gasteiger partial charge in [0.15, 0.2) is 11.5 Å². The van der Waals surface area contributed by atoms with Crippen LogP contribution in [-0.4, -0.2) is 59.1 Å². The summed E-state index contributed by atoms with van der Waals surface area (Å²) in [5.41, 5.74) is 2.50. The van der Waals surface area contributed by atoms with Crippen LogP contribution in [0.25, 0.3) is 11.8 Å². The van der Waals surface area contributed by atoms with Crippen LogP contribution in [0.1, 0.15) is 52.8 Å². The van der Waals surface area contributed by atoms with Gasteiger partial charge in [-0.15, -0.1) is 0 Å². The molecule has 46 heavy (non-hydrogen) atoms. The number of aliphatic carboxylic acids is 1. The van der Waals surface area contributed by atoms with Gasteiger partial charge in [0.25, 0.3) is 0 Å². The van der Waals surface area contributed by atoms with E-state index in [2.05, 4.69) is 11.9 Å². The molecule has 0 saturated heterocycles. The molecular weight excluding hydrogens is 592 g/mol. The fourth-order valence-corrected chi connectivity index (χ4v) is 5.24. The first-order chi connectivity index (χ1) is 22.3. The van der Waals surface area contributed by atoms with E-state index in [0.29, 0.717) is 70.9 Å². The molecule has 1 aliphatic rings. The van der Waals surface area contributed by atoms with Gasteiger partial charge < -0.3 is 33.9 Å². The molecule has 0 atom stereocenters. The number of unbranched alkanes of at least 4 members (excludes halogenated alkanes) is 1. The number of hydrogen-bond acceptors (Lipinski definition) is 8. The number of carbonyl (C=O) groups is 2. The summed E-state index contributed by atoms with van der Waals surface area (Å²) in [6, 6.07) is 15.4. The number of carboxylic acids is 2. The first kappa shape index (κ1) is 32.0. The van der Waals surface area contributed by atoms with Crippen LogP contribution in [0.5, 0.6) is 28.7 Å². The van der Waals surface area contributed by atoms with Crippen molar-refractivity contribution in [1.29, 1.82) is 0 Å². The van der Waals surface area contributed by atoms with Crippen molar-refractivity contribution in [3.05, 3.63) is 94.6 Å². The third-order valence-electron chi connectivity index (χ3n) is 7.58. The molecule has 0 saturated carbocycles. The standard InChI is InChI=1S/C35H36N2O9/c1-4-5-10-33-36-20-25(16-24(34(38)39)15-23-17-31-32(19-29(23)43-3)45-14-13-44-31)37(33)28-12-11-26(42-2)18-30(28)46-21-22-8-6-7-9-27(22)35(40)41/h6-9,11-12,16-20H,4-5,10,13-15,21H2,1-3H3,(H,38,39)(H,40,41)/b24-16+. The molecule has 240 valence electrons. The van der Waals surface area contributed by atoms with Gasteiger partial charge in [-0.3, -0.25) is 4.57 Å². The Balaban J connectivity index is 1.58. The predicted molar refractivity (Wildman–Crippen MR) is 170 cm³/mol. The minimum absolute atomic E-state index is 0.0168. The Morgan fingerprint density at radius 3 is 2.41 bits per heavy atom. The molecule has 11 nitrogen and oxygen atoms in total. The number of ether oxygens (including phenoxy) is 5. The van der Waals surface area contributed by atoms with Crippen LogP contribution in [0.2, 0.25) is 0 Å². The van der Waals surface area contributed by atoms with Gasteiger partial charge in [0.1, 0.15) is 42.9 Å². The predicted octanol–water partition coefficient (Wildman–Crippen LogP) is 5.99. The van der Waals surface area contributed by atoms with Crippen molar-refractivity contribution in [3.63, 3.8) is 0 Å². The lowest BCUT2D eigenvalue weighted by Crippen LogP contribution is -2.16. The summed E-state index contributed by atoms with van der Waals surface area (Å²) in [6.45, 7) is 2.88. The Kier molecular flexibility index (Phi) is 10.1. The highest BCUT2D eigenvalue weighted by atomic mass is 16.6.